The van der Waals surface area contributed by atoms with Crippen molar-refractivity contribution in [2.24, 2.45) is 0 Å². The average Bonchev–Trinajstić information content (AvgIpc) is 2.44. The molecule has 0 bridgehead atoms. The zero-order valence-corrected chi connectivity index (χ0v) is 13.5. The highest BCUT2D eigenvalue weighted by molar-refractivity contribution is 9.10. The van der Waals surface area contributed by atoms with E-state index < -0.39 is 0 Å². The Morgan fingerprint density at radius 3 is 2.95 bits per heavy atom. The molecule has 0 amide bonds. The predicted octanol–water partition coefficient (Wildman–Crippen LogP) is 4.79. The predicted molar refractivity (Wildman–Crippen MR) is 85.5 cm³/mol. The van der Waals surface area contributed by atoms with Gasteiger partial charge < -0.3 is 10.1 Å². The number of nitrogens with zero attached hydrogens (tertiary/aromatic N) is 1. The number of pyridine rings is 1. The smallest absolute Gasteiger partial charge is 0.147 e. The summed E-state index contributed by atoms with van der Waals surface area (Å²) < 4.78 is 6.71. The van der Waals surface area contributed by atoms with Crippen LogP contribution in [-0.2, 0) is 6.54 Å². The second-order valence-corrected chi connectivity index (χ2v) is 5.71. The van der Waals surface area contributed by atoms with Crippen LogP contribution in [0.1, 0.15) is 18.9 Å². The first-order valence-corrected chi connectivity index (χ1v) is 7.63. The van der Waals surface area contributed by atoms with E-state index >= 15 is 0 Å². The maximum absolute atomic E-state index is 6.11. The van der Waals surface area contributed by atoms with Crippen LogP contribution >= 0.6 is 27.5 Å². The van der Waals surface area contributed by atoms with Crippen LogP contribution in [0.3, 0.4) is 0 Å². The zero-order chi connectivity index (χ0) is 14.4. The standard InChI is InChI=1S/C15H16BrClN2O/c1-2-5-18-8-11-6-13(10-19-9-11)20-15-7-12(16)3-4-14(15)17/h3-4,6-7,9-10,18H,2,5,8H2,1H3. The third-order valence-electron chi connectivity index (χ3n) is 2.65. The summed E-state index contributed by atoms with van der Waals surface area (Å²) in [6.45, 7) is 3.91. The highest BCUT2D eigenvalue weighted by Gasteiger charge is 2.05. The Kier molecular flexibility index (Phi) is 5.83. The van der Waals surface area contributed by atoms with Gasteiger partial charge in [-0.15, -0.1) is 0 Å². The SMILES string of the molecule is CCCNCc1cncc(Oc2cc(Br)ccc2Cl)c1. The van der Waals surface area contributed by atoms with Gasteiger partial charge in [-0.2, -0.15) is 0 Å². The Labute approximate surface area is 132 Å². The van der Waals surface area contributed by atoms with Gasteiger partial charge in [0.2, 0.25) is 0 Å². The molecule has 2 rings (SSSR count). The lowest BCUT2D eigenvalue weighted by atomic mass is 10.2. The summed E-state index contributed by atoms with van der Waals surface area (Å²) in [5.74, 6) is 1.29. The third-order valence-corrected chi connectivity index (χ3v) is 3.45. The second-order valence-electron chi connectivity index (χ2n) is 4.38. The summed E-state index contributed by atoms with van der Waals surface area (Å²) in [5.41, 5.74) is 1.09. The summed E-state index contributed by atoms with van der Waals surface area (Å²) in [6.07, 6.45) is 4.62. The minimum atomic E-state index is 0.572. The van der Waals surface area contributed by atoms with E-state index in [1.54, 1.807) is 12.3 Å². The van der Waals surface area contributed by atoms with Gasteiger partial charge in [-0.3, -0.25) is 4.98 Å². The zero-order valence-electron chi connectivity index (χ0n) is 11.2. The molecule has 1 heterocycles. The van der Waals surface area contributed by atoms with Crippen LogP contribution in [0.25, 0.3) is 0 Å². The highest BCUT2D eigenvalue weighted by Crippen LogP contribution is 2.31. The van der Waals surface area contributed by atoms with Crippen molar-refractivity contribution in [1.29, 1.82) is 0 Å². The first kappa shape index (κ1) is 15.3. The van der Waals surface area contributed by atoms with Gasteiger partial charge in [0.15, 0.2) is 0 Å². The van der Waals surface area contributed by atoms with Crippen molar-refractivity contribution in [3.05, 3.63) is 51.7 Å². The van der Waals surface area contributed by atoms with E-state index in [1.807, 2.05) is 24.4 Å². The Morgan fingerprint density at radius 1 is 1.30 bits per heavy atom. The van der Waals surface area contributed by atoms with Crippen molar-refractivity contribution < 1.29 is 4.74 Å². The lowest BCUT2D eigenvalue weighted by Gasteiger charge is -2.09. The maximum atomic E-state index is 6.11. The van der Waals surface area contributed by atoms with Gasteiger partial charge in [-0.1, -0.05) is 34.5 Å². The lowest BCUT2D eigenvalue weighted by Crippen LogP contribution is -2.13. The number of benzene rings is 1. The largest absolute Gasteiger partial charge is 0.454 e. The molecule has 0 aliphatic heterocycles. The van der Waals surface area contributed by atoms with Crippen molar-refractivity contribution in [2.75, 3.05) is 6.54 Å². The minimum Gasteiger partial charge on any atom is -0.454 e. The molecule has 0 unspecified atom stereocenters. The first-order chi connectivity index (χ1) is 9.69. The first-order valence-electron chi connectivity index (χ1n) is 6.46. The molecule has 1 aromatic heterocycles. The van der Waals surface area contributed by atoms with E-state index in [0.29, 0.717) is 16.5 Å². The molecule has 5 heteroatoms. The quantitative estimate of drug-likeness (QED) is 0.757. The number of rotatable bonds is 6. The van der Waals surface area contributed by atoms with E-state index in [9.17, 15) is 0 Å². The maximum Gasteiger partial charge on any atom is 0.147 e. The molecule has 0 radical (unpaired) electrons. The van der Waals surface area contributed by atoms with Gasteiger partial charge >= 0.3 is 0 Å². The number of halogens is 2. The van der Waals surface area contributed by atoms with Crippen LogP contribution < -0.4 is 10.1 Å². The van der Waals surface area contributed by atoms with Crippen molar-refractivity contribution in [3.63, 3.8) is 0 Å². The molecular weight excluding hydrogens is 340 g/mol. The van der Waals surface area contributed by atoms with Crippen LogP contribution in [0.4, 0.5) is 0 Å². The molecule has 106 valence electrons. The van der Waals surface area contributed by atoms with E-state index in [-0.39, 0.29) is 0 Å². The van der Waals surface area contributed by atoms with Crippen LogP contribution in [-0.4, -0.2) is 11.5 Å². The average molecular weight is 356 g/mol. The number of ether oxygens (including phenoxy) is 1. The summed E-state index contributed by atoms with van der Waals surface area (Å²) >= 11 is 9.51. The number of hydrogen-bond donors (Lipinski definition) is 1. The number of hydrogen-bond acceptors (Lipinski definition) is 3. The fourth-order valence-electron chi connectivity index (χ4n) is 1.71. The molecule has 0 fully saturated rings. The van der Waals surface area contributed by atoms with Crippen LogP contribution in [0, 0.1) is 0 Å². The molecule has 1 N–H and O–H groups in total. The van der Waals surface area contributed by atoms with Crippen LogP contribution in [0.15, 0.2) is 41.1 Å². The van der Waals surface area contributed by atoms with E-state index in [2.05, 4.69) is 33.2 Å². The molecule has 0 atom stereocenters. The molecule has 1 aromatic carbocycles. The lowest BCUT2D eigenvalue weighted by molar-refractivity contribution is 0.479. The van der Waals surface area contributed by atoms with Gasteiger partial charge in [0, 0.05) is 17.2 Å². The Morgan fingerprint density at radius 2 is 2.15 bits per heavy atom. The van der Waals surface area contributed by atoms with Gasteiger partial charge in [0.25, 0.3) is 0 Å². The van der Waals surface area contributed by atoms with Crippen LogP contribution in [0.5, 0.6) is 11.5 Å². The van der Waals surface area contributed by atoms with Crippen LogP contribution in [0.2, 0.25) is 5.02 Å². The van der Waals surface area contributed by atoms with E-state index in [4.69, 9.17) is 16.3 Å². The highest BCUT2D eigenvalue weighted by atomic mass is 79.9. The molecule has 0 aliphatic rings. The molecule has 3 nitrogen and oxygen atoms in total. The Balaban J connectivity index is 2.09. The third kappa shape index (κ3) is 4.47. The molecule has 0 spiro atoms. The van der Waals surface area contributed by atoms with Crippen molar-refractivity contribution in [3.8, 4) is 11.5 Å². The summed E-state index contributed by atoms with van der Waals surface area (Å²) in [6, 6.07) is 7.47. The van der Waals surface area contributed by atoms with Gasteiger partial charge in [0.05, 0.1) is 11.2 Å². The monoisotopic (exact) mass is 354 g/mol. The fraction of sp³-hybridized carbons (Fsp3) is 0.267. The van der Waals surface area contributed by atoms with Gasteiger partial charge in [-0.25, -0.2) is 0 Å². The molecule has 0 saturated heterocycles. The number of nitrogens with one attached hydrogen (secondary N) is 1. The fourth-order valence-corrected chi connectivity index (χ4v) is 2.20. The molecule has 2 aromatic rings. The Hall–Kier alpha value is -1.10. The molecule has 0 aliphatic carbocycles. The number of aromatic nitrogens is 1. The van der Waals surface area contributed by atoms with Crippen molar-refractivity contribution in [1.82, 2.24) is 10.3 Å². The van der Waals surface area contributed by atoms with Crippen molar-refractivity contribution >= 4 is 27.5 Å². The second kappa shape index (κ2) is 7.62. The summed E-state index contributed by atoms with van der Waals surface area (Å²) in [7, 11) is 0. The topological polar surface area (TPSA) is 34.2 Å². The summed E-state index contributed by atoms with van der Waals surface area (Å²) in [5, 5.41) is 3.91. The molecular formula is C15H16BrClN2O. The Bertz CT molecular complexity index is 578. The van der Waals surface area contributed by atoms with Gasteiger partial charge in [-0.05, 0) is 42.8 Å². The van der Waals surface area contributed by atoms with Gasteiger partial charge in [0.1, 0.15) is 11.5 Å². The molecule has 20 heavy (non-hydrogen) atoms. The summed E-state index contributed by atoms with van der Waals surface area (Å²) in [4.78, 5) is 4.19. The minimum absolute atomic E-state index is 0.572. The van der Waals surface area contributed by atoms with E-state index in [1.165, 1.54) is 0 Å². The van der Waals surface area contributed by atoms with E-state index in [0.717, 1.165) is 29.5 Å². The normalized spacial score (nSPS) is 10.6. The van der Waals surface area contributed by atoms with Crippen molar-refractivity contribution in [2.45, 2.75) is 19.9 Å². The molecule has 0 saturated carbocycles.